The van der Waals surface area contributed by atoms with Crippen molar-refractivity contribution in [3.05, 3.63) is 96.1 Å². The molecule has 0 saturated carbocycles. The Bertz CT molecular complexity index is 1780. The van der Waals surface area contributed by atoms with Gasteiger partial charge in [-0.15, -0.1) is 0 Å². The average Bonchev–Trinajstić information content (AvgIpc) is 3.32. The Labute approximate surface area is 289 Å². The molecule has 4 aromatic rings. The summed E-state index contributed by atoms with van der Waals surface area (Å²) in [6.07, 6.45) is -2.59. The van der Waals surface area contributed by atoms with Crippen LogP contribution in [0.3, 0.4) is 0 Å². The molecule has 0 aliphatic rings. The van der Waals surface area contributed by atoms with Gasteiger partial charge < -0.3 is 25.2 Å². The van der Waals surface area contributed by atoms with Crippen LogP contribution >= 0.6 is 0 Å². The molecule has 13 heteroatoms. The summed E-state index contributed by atoms with van der Waals surface area (Å²) in [5, 5.41) is 38.0. The third-order valence-electron chi connectivity index (χ3n) is 7.32. The molecule has 0 bridgehead atoms. The van der Waals surface area contributed by atoms with Crippen LogP contribution in [0.5, 0.6) is 0 Å². The number of sulfonamides is 1. The van der Waals surface area contributed by atoms with Crippen LogP contribution in [0.2, 0.25) is 0 Å². The van der Waals surface area contributed by atoms with Crippen LogP contribution in [-0.2, 0) is 21.2 Å². The number of carbonyl (C=O) groups excluding carboxylic acids is 1. The molecule has 0 aliphatic heterocycles. The number of amides is 1. The van der Waals surface area contributed by atoms with E-state index in [2.05, 4.69) is 5.32 Å². The SMILES string of the molecule is CC(C)n1c(CC[C@@H](O)C[C@@H](O)CC(=O)O)c(-c2ccc(F)cc2)c(-c2ccccc2)c1C(=O)Nc1cccc(S(N)(=O)=O)c1.[NaH]. The fourth-order valence-electron chi connectivity index (χ4n) is 5.45. The standard InChI is InChI=1S/C33H36FN3O7S.Na.H/c1-20(2)37-28(16-15-25(38)18-26(39)19-29(40)41)30(22-11-13-23(34)14-12-22)31(21-7-4-3-5-8-21)32(37)33(42)36-24-9-6-10-27(17-24)45(35,43)44;;/h3-14,17,20,25-26,38-39H,15-16,18-19H2,1-2H3,(H,36,42)(H,40,41)(H2,35,43,44);;/t25-,26-;;/m1../s1. The first-order valence-electron chi connectivity index (χ1n) is 14.4. The van der Waals surface area contributed by atoms with Crippen LogP contribution < -0.4 is 10.5 Å². The van der Waals surface area contributed by atoms with Gasteiger partial charge in [0, 0.05) is 28.6 Å². The number of aromatic nitrogens is 1. The number of nitrogens with zero attached hydrogens (tertiary/aromatic N) is 1. The second-order valence-electron chi connectivity index (χ2n) is 11.1. The van der Waals surface area contributed by atoms with E-state index in [4.69, 9.17) is 10.2 Å². The minimum atomic E-state index is -4.03. The summed E-state index contributed by atoms with van der Waals surface area (Å²) in [5.74, 6) is -2.17. The average molecular weight is 662 g/mol. The van der Waals surface area contributed by atoms with E-state index in [-0.39, 0.29) is 71.1 Å². The monoisotopic (exact) mass is 661 g/mol. The van der Waals surface area contributed by atoms with Gasteiger partial charge in [-0.25, -0.2) is 17.9 Å². The number of carbonyl (C=O) groups is 2. The first-order valence-corrected chi connectivity index (χ1v) is 15.9. The molecule has 46 heavy (non-hydrogen) atoms. The zero-order chi connectivity index (χ0) is 32.9. The summed E-state index contributed by atoms with van der Waals surface area (Å²) in [7, 11) is -4.03. The van der Waals surface area contributed by atoms with E-state index in [1.807, 2.05) is 48.7 Å². The molecule has 1 amide bonds. The molecule has 0 unspecified atom stereocenters. The molecule has 6 N–H and O–H groups in total. The Kier molecular flexibility index (Phi) is 12.9. The molecular weight excluding hydrogens is 624 g/mol. The van der Waals surface area contributed by atoms with Crippen LogP contribution in [0, 0.1) is 5.82 Å². The molecule has 0 saturated heterocycles. The van der Waals surface area contributed by atoms with Crippen molar-refractivity contribution >= 4 is 57.1 Å². The van der Waals surface area contributed by atoms with Crippen LogP contribution in [0.15, 0.2) is 83.8 Å². The van der Waals surface area contributed by atoms with E-state index in [0.29, 0.717) is 27.9 Å². The number of aliphatic hydroxyl groups is 2. The second-order valence-corrected chi connectivity index (χ2v) is 12.7. The second kappa shape index (κ2) is 16.0. The number of aliphatic carboxylic acids is 1. The quantitative estimate of drug-likeness (QED) is 0.133. The van der Waals surface area contributed by atoms with Gasteiger partial charge in [0.05, 0.1) is 23.5 Å². The molecule has 0 radical (unpaired) electrons. The van der Waals surface area contributed by atoms with Crippen molar-refractivity contribution in [1.29, 1.82) is 0 Å². The normalized spacial score (nSPS) is 12.8. The molecule has 0 aliphatic carbocycles. The van der Waals surface area contributed by atoms with Gasteiger partial charge in [0.25, 0.3) is 5.91 Å². The number of halogens is 1. The van der Waals surface area contributed by atoms with Crippen LogP contribution in [-0.4, -0.2) is 81.9 Å². The summed E-state index contributed by atoms with van der Waals surface area (Å²) < 4.78 is 39.8. The van der Waals surface area contributed by atoms with Gasteiger partial charge in [-0.05, 0) is 74.6 Å². The first kappa shape index (κ1) is 37.1. The van der Waals surface area contributed by atoms with Crippen molar-refractivity contribution in [3.63, 3.8) is 0 Å². The maximum absolute atomic E-state index is 14.2. The van der Waals surface area contributed by atoms with E-state index < -0.39 is 46.3 Å². The van der Waals surface area contributed by atoms with Gasteiger partial charge in [0.15, 0.2) is 0 Å². The van der Waals surface area contributed by atoms with Crippen LogP contribution in [0.25, 0.3) is 22.3 Å². The van der Waals surface area contributed by atoms with Crippen molar-refractivity contribution in [3.8, 4) is 22.3 Å². The topological polar surface area (TPSA) is 172 Å². The Hall–Kier alpha value is -3.36. The number of rotatable bonds is 13. The van der Waals surface area contributed by atoms with Crippen LogP contribution in [0.1, 0.15) is 55.3 Å². The predicted octanol–water partition coefficient (Wildman–Crippen LogP) is 4.31. The van der Waals surface area contributed by atoms with Crippen molar-refractivity contribution in [1.82, 2.24) is 4.57 Å². The van der Waals surface area contributed by atoms with Crippen molar-refractivity contribution < 1.29 is 37.7 Å². The fourth-order valence-corrected chi connectivity index (χ4v) is 6.01. The molecule has 1 heterocycles. The number of primary sulfonamides is 1. The Morgan fingerprint density at radius 3 is 2.13 bits per heavy atom. The van der Waals surface area contributed by atoms with Gasteiger partial charge in [-0.3, -0.25) is 9.59 Å². The number of benzene rings is 3. The summed E-state index contributed by atoms with van der Waals surface area (Å²) in [6, 6.07) is 20.3. The van der Waals surface area contributed by atoms with E-state index in [0.717, 1.165) is 0 Å². The molecule has 10 nitrogen and oxygen atoms in total. The molecule has 240 valence electrons. The minimum absolute atomic E-state index is 0. The number of aliphatic hydroxyl groups excluding tert-OH is 2. The van der Waals surface area contributed by atoms with Crippen LogP contribution in [0.4, 0.5) is 10.1 Å². The van der Waals surface area contributed by atoms with Gasteiger partial charge in [-0.2, -0.15) is 0 Å². The van der Waals surface area contributed by atoms with E-state index in [1.165, 1.54) is 36.4 Å². The molecule has 1 aromatic heterocycles. The maximum atomic E-state index is 14.2. The zero-order valence-corrected chi connectivity index (χ0v) is 25.7. The summed E-state index contributed by atoms with van der Waals surface area (Å²) in [5.41, 5.74) is 3.61. The van der Waals surface area contributed by atoms with E-state index in [9.17, 15) is 32.6 Å². The molecule has 0 fully saturated rings. The number of carboxylic acid groups (broad SMARTS) is 1. The third kappa shape index (κ3) is 9.13. The summed E-state index contributed by atoms with van der Waals surface area (Å²) >= 11 is 0. The van der Waals surface area contributed by atoms with Crippen molar-refractivity contribution in [2.24, 2.45) is 5.14 Å². The number of hydrogen-bond donors (Lipinski definition) is 5. The first-order chi connectivity index (χ1) is 21.3. The zero-order valence-electron chi connectivity index (χ0n) is 24.9. The summed E-state index contributed by atoms with van der Waals surface area (Å²) in [4.78, 5) is 25.1. The Balaban J connectivity index is 0.00000576. The molecular formula is C33H37FN3NaO7S. The molecule has 2 atom stereocenters. The summed E-state index contributed by atoms with van der Waals surface area (Å²) in [6.45, 7) is 3.77. The van der Waals surface area contributed by atoms with Crippen molar-refractivity contribution in [2.45, 2.75) is 62.7 Å². The van der Waals surface area contributed by atoms with Crippen molar-refractivity contribution in [2.75, 3.05) is 5.32 Å². The fraction of sp³-hybridized carbons (Fsp3) is 0.273. The van der Waals surface area contributed by atoms with Gasteiger partial charge in [0.1, 0.15) is 11.5 Å². The Morgan fingerprint density at radius 2 is 1.54 bits per heavy atom. The number of hydrogen-bond acceptors (Lipinski definition) is 6. The van der Waals surface area contributed by atoms with Gasteiger partial charge in [0.2, 0.25) is 10.0 Å². The van der Waals surface area contributed by atoms with E-state index >= 15 is 0 Å². The number of nitrogens with one attached hydrogen (secondary N) is 1. The van der Waals surface area contributed by atoms with Gasteiger partial charge in [-0.1, -0.05) is 48.5 Å². The molecule has 0 spiro atoms. The molecule has 4 rings (SSSR count). The van der Waals surface area contributed by atoms with E-state index in [1.54, 1.807) is 12.1 Å². The number of nitrogens with two attached hydrogens (primary N) is 1. The third-order valence-corrected chi connectivity index (χ3v) is 8.23. The number of carboxylic acids is 1. The Morgan fingerprint density at radius 1 is 0.913 bits per heavy atom. The van der Waals surface area contributed by atoms with Gasteiger partial charge >= 0.3 is 35.5 Å². The predicted molar refractivity (Wildman–Crippen MR) is 176 cm³/mol. The number of anilines is 1. The molecule has 3 aromatic carbocycles.